The predicted molar refractivity (Wildman–Crippen MR) is 108 cm³/mol. The van der Waals surface area contributed by atoms with Crippen molar-refractivity contribution in [3.63, 3.8) is 0 Å². The van der Waals surface area contributed by atoms with Crippen molar-refractivity contribution in [1.82, 2.24) is 4.98 Å². The van der Waals surface area contributed by atoms with Gasteiger partial charge in [-0.1, -0.05) is 52.0 Å². The number of hydrogen-bond acceptors (Lipinski definition) is 1. The van der Waals surface area contributed by atoms with E-state index in [0.717, 1.165) is 23.7 Å². The highest BCUT2D eigenvalue weighted by Gasteiger charge is 2.24. The molecule has 1 nitrogen and oxygen atoms in total. The molecule has 2 aliphatic rings. The maximum Gasteiger partial charge on any atom is 0.0434 e. The van der Waals surface area contributed by atoms with Crippen LogP contribution in [0, 0.1) is 11.8 Å². The van der Waals surface area contributed by atoms with E-state index in [9.17, 15) is 0 Å². The van der Waals surface area contributed by atoms with Crippen LogP contribution in [0.4, 0.5) is 0 Å². The molecule has 0 spiro atoms. The Hall–Kier alpha value is -0.850. The SMILES string of the molecule is CCCCCC1CCC(c2ccc(C3CCC(CC)CC3)cn2)CC1. The van der Waals surface area contributed by atoms with Crippen molar-refractivity contribution in [2.75, 3.05) is 0 Å². The predicted octanol–water partition coefficient (Wildman–Crippen LogP) is 7.62. The lowest BCUT2D eigenvalue weighted by Crippen LogP contribution is -2.15. The van der Waals surface area contributed by atoms with Crippen molar-refractivity contribution in [3.8, 4) is 0 Å². The van der Waals surface area contributed by atoms with Crippen LogP contribution < -0.4 is 0 Å². The standard InChI is InChI=1S/C24H39N/c1-3-5-6-7-20-10-14-22(15-11-20)24-17-16-23(18-25-24)21-12-8-19(4-2)9-13-21/h16-22H,3-15H2,1-2H3. The summed E-state index contributed by atoms with van der Waals surface area (Å²) in [6.45, 7) is 4.65. The molecular weight excluding hydrogens is 302 g/mol. The average Bonchev–Trinajstić information content (AvgIpc) is 2.69. The molecule has 0 saturated heterocycles. The van der Waals surface area contributed by atoms with Gasteiger partial charge < -0.3 is 0 Å². The van der Waals surface area contributed by atoms with Crippen LogP contribution in [0.25, 0.3) is 0 Å². The minimum Gasteiger partial charge on any atom is -0.261 e. The highest BCUT2D eigenvalue weighted by Crippen LogP contribution is 2.39. The van der Waals surface area contributed by atoms with E-state index in [4.69, 9.17) is 4.98 Å². The summed E-state index contributed by atoms with van der Waals surface area (Å²) in [5.41, 5.74) is 2.88. The van der Waals surface area contributed by atoms with Crippen molar-refractivity contribution in [3.05, 3.63) is 29.6 Å². The molecule has 1 heterocycles. The maximum atomic E-state index is 4.92. The van der Waals surface area contributed by atoms with Crippen molar-refractivity contribution in [2.45, 2.75) is 109 Å². The van der Waals surface area contributed by atoms with E-state index >= 15 is 0 Å². The lowest BCUT2D eigenvalue weighted by molar-refractivity contribution is 0.299. The Kier molecular flexibility index (Phi) is 7.37. The molecular formula is C24H39N. The third-order valence-corrected chi connectivity index (χ3v) is 7.19. The molecule has 0 aliphatic heterocycles. The Morgan fingerprint density at radius 3 is 2.08 bits per heavy atom. The zero-order valence-corrected chi connectivity index (χ0v) is 16.7. The van der Waals surface area contributed by atoms with Gasteiger partial charge in [0.2, 0.25) is 0 Å². The Morgan fingerprint density at radius 2 is 1.48 bits per heavy atom. The average molecular weight is 342 g/mol. The van der Waals surface area contributed by atoms with E-state index < -0.39 is 0 Å². The summed E-state index contributed by atoms with van der Waals surface area (Å²) in [7, 11) is 0. The molecule has 0 N–H and O–H groups in total. The molecule has 0 atom stereocenters. The Bertz CT molecular complexity index is 475. The first-order chi connectivity index (χ1) is 12.3. The first-order valence-corrected chi connectivity index (χ1v) is 11.3. The molecule has 1 aromatic rings. The van der Waals surface area contributed by atoms with Crippen molar-refractivity contribution >= 4 is 0 Å². The molecule has 3 rings (SSSR count). The van der Waals surface area contributed by atoms with E-state index in [0.29, 0.717) is 0 Å². The fourth-order valence-corrected chi connectivity index (χ4v) is 5.23. The number of pyridine rings is 1. The number of unbranched alkanes of at least 4 members (excludes halogenated alkanes) is 2. The van der Waals surface area contributed by atoms with E-state index in [1.165, 1.54) is 94.7 Å². The molecule has 0 unspecified atom stereocenters. The van der Waals surface area contributed by atoms with Gasteiger partial charge in [0, 0.05) is 17.8 Å². The quantitative estimate of drug-likeness (QED) is 0.465. The fourth-order valence-electron chi connectivity index (χ4n) is 5.23. The van der Waals surface area contributed by atoms with Gasteiger partial charge in [-0.2, -0.15) is 0 Å². The van der Waals surface area contributed by atoms with Crippen LogP contribution in [-0.4, -0.2) is 4.98 Å². The zero-order chi connectivity index (χ0) is 17.5. The van der Waals surface area contributed by atoms with Gasteiger partial charge in [-0.05, 0) is 80.8 Å². The molecule has 2 aliphatic carbocycles. The summed E-state index contributed by atoms with van der Waals surface area (Å²) in [6, 6.07) is 4.77. The second-order valence-electron chi connectivity index (χ2n) is 8.86. The van der Waals surface area contributed by atoms with E-state index in [-0.39, 0.29) is 0 Å². The minimum atomic E-state index is 0.729. The summed E-state index contributed by atoms with van der Waals surface area (Å²) >= 11 is 0. The van der Waals surface area contributed by atoms with Crippen molar-refractivity contribution in [1.29, 1.82) is 0 Å². The molecule has 0 aromatic carbocycles. The Morgan fingerprint density at radius 1 is 0.800 bits per heavy atom. The molecule has 140 valence electrons. The summed E-state index contributed by atoms with van der Waals surface area (Å²) in [6.07, 6.45) is 20.5. The maximum absolute atomic E-state index is 4.92. The van der Waals surface area contributed by atoms with Gasteiger partial charge in [0.15, 0.2) is 0 Å². The van der Waals surface area contributed by atoms with Gasteiger partial charge in [0.1, 0.15) is 0 Å². The van der Waals surface area contributed by atoms with Gasteiger partial charge in [-0.25, -0.2) is 0 Å². The minimum absolute atomic E-state index is 0.729. The highest BCUT2D eigenvalue weighted by molar-refractivity contribution is 5.21. The second kappa shape index (κ2) is 9.74. The summed E-state index contributed by atoms with van der Waals surface area (Å²) < 4.78 is 0. The highest BCUT2D eigenvalue weighted by atomic mass is 14.7. The summed E-state index contributed by atoms with van der Waals surface area (Å²) in [5, 5.41) is 0. The number of rotatable bonds is 7. The monoisotopic (exact) mass is 341 g/mol. The third kappa shape index (κ3) is 5.31. The first kappa shape index (κ1) is 18.9. The van der Waals surface area contributed by atoms with Crippen LogP contribution in [0.1, 0.15) is 120 Å². The molecule has 0 bridgehead atoms. The lowest BCUT2D eigenvalue weighted by atomic mass is 9.77. The van der Waals surface area contributed by atoms with Crippen LogP contribution in [0.3, 0.4) is 0 Å². The second-order valence-corrected chi connectivity index (χ2v) is 8.86. The van der Waals surface area contributed by atoms with Crippen LogP contribution in [0.5, 0.6) is 0 Å². The van der Waals surface area contributed by atoms with Crippen LogP contribution in [0.15, 0.2) is 18.3 Å². The molecule has 0 amide bonds. The fraction of sp³-hybridized carbons (Fsp3) is 0.792. The Balaban J connectivity index is 1.47. The number of hydrogen-bond donors (Lipinski definition) is 0. The molecule has 2 saturated carbocycles. The lowest BCUT2D eigenvalue weighted by Gasteiger charge is -2.29. The molecule has 1 heteroatoms. The molecule has 1 aromatic heterocycles. The van der Waals surface area contributed by atoms with Gasteiger partial charge in [0.05, 0.1) is 0 Å². The van der Waals surface area contributed by atoms with Crippen LogP contribution >= 0.6 is 0 Å². The van der Waals surface area contributed by atoms with E-state index in [1.54, 1.807) is 0 Å². The topological polar surface area (TPSA) is 12.9 Å². The summed E-state index contributed by atoms with van der Waals surface area (Å²) in [4.78, 5) is 4.92. The molecule has 0 radical (unpaired) electrons. The Labute approximate surface area is 156 Å². The van der Waals surface area contributed by atoms with E-state index in [1.807, 2.05) is 0 Å². The summed E-state index contributed by atoms with van der Waals surface area (Å²) in [5.74, 6) is 3.48. The normalized spacial score (nSPS) is 30.3. The van der Waals surface area contributed by atoms with Crippen LogP contribution in [0.2, 0.25) is 0 Å². The van der Waals surface area contributed by atoms with Gasteiger partial charge in [-0.15, -0.1) is 0 Å². The zero-order valence-electron chi connectivity index (χ0n) is 16.7. The third-order valence-electron chi connectivity index (χ3n) is 7.19. The van der Waals surface area contributed by atoms with Gasteiger partial charge >= 0.3 is 0 Å². The smallest absolute Gasteiger partial charge is 0.0434 e. The van der Waals surface area contributed by atoms with Crippen molar-refractivity contribution in [2.24, 2.45) is 11.8 Å². The number of nitrogens with zero attached hydrogens (tertiary/aromatic N) is 1. The first-order valence-electron chi connectivity index (χ1n) is 11.3. The van der Waals surface area contributed by atoms with Gasteiger partial charge in [-0.3, -0.25) is 4.98 Å². The molecule has 2 fully saturated rings. The van der Waals surface area contributed by atoms with Crippen LogP contribution in [-0.2, 0) is 0 Å². The number of aromatic nitrogens is 1. The largest absolute Gasteiger partial charge is 0.261 e. The van der Waals surface area contributed by atoms with E-state index in [2.05, 4.69) is 32.2 Å². The molecule has 25 heavy (non-hydrogen) atoms. The van der Waals surface area contributed by atoms with Crippen molar-refractivity contribution < 1.29 is 0 Å². The van der Waals surface area contributed by atoms with Gasteiger partial charge in [0.25, 0.3) is 0 Å².